The van der Waals surface area contributed by atoms with Gasteiger partial charge in [-0.2, -0.15) is 0 Å². The average Bonchev–Trinajstić information content (AvgIpc) is 3.48. The molecule has 0 bridgehead atoms. The van der Waals surface area contributed by atoms with Gasteiger partial charge in [0.15, 0.2) is 5.96 Å². The summed E-state index contributed by atoms with van der Waals surface area (Å²) in [7, 11) is 0. The van der Waals surface area contributed by atoms with Crippen LogP contribution in [-0.2, 0) is 17.6 Å². The molecule has 1 aromatic rings. The summed E-state index contributed by atoms with van der Waals surface area (Å²) in [4.78, 5) is 19.5. The lowest BCUT2D eigenvalue weighted by atomic mass is 10.1. The normalized spacial score (nSPS) is 21.2. The van der Waals surface area contributed by atoms with Crippen molar-refractivity contribution in [2.24, 2.45) is 10.9 Å². The molecule has 0 radical (unpaired) electrons. The number of fused-ring (bicyclic) bond motifs is 1. The van der Waals surface area contributed by atoms with Gasteiger partial charge in [0, 0.05) is 44.6 Å². The van der Waals surface area contributed by atoms with Gasteiger partial charge in [-0.1, -0.05) is 25.0 Å². The molecule has 2 heterocycles. The maximum absolute atomic E-state index is 12.7. The summed E-state index contributed by atoms with van der Waals surface area (Å²) in [5.74, 6) is 2.53. The van der Waals surface area contributed by atoms with Crippen LogP contribution in [0.5, 0.6) is 5.75 Å². The van der Waals surface area contributed by atoms with Gasteiger partial charge in [0.2, 0.25) is 5.91 Å². The van der Waals surface area contributed by atoms with Crippen LogP contribution in [0.25, 0.3) is 0 Å². The van der Waals surface area contributed by atoms with E-state index in [9.17, 15) is 4.79 Å². The lowest BCUT2D eigenvalue weighted by Gasteiger charge is -2.21. The third-order valence-electron chi connectivity index (χ3n) is 6.31. The van der Waals surface area contributed by atoms with E-state index in [1.54, 1.807) is 0 Å². The van der Waals surface area contributed by atoms with Gasteiger partial charge in [0.25, 0.3) is 0 Å². The Morgan fingerprint density at radius 1 is 1.27 bits per heavy atom. The zero-order chi connectivity index (χ0) is 20.1. The molecular weight excluding hydrogens is 491 g/mol. The number of ether oxygens (including phenoxy) is 1. The second-order valence-electron chi connectivity index (χ2n) is 8.45. The fraction of sp³-hybridized carbons (Fsp3) is 0.652. The number of nitrogens with zero attached hydrogens (tertiary/aromatic N) is 2. The minimum absolute atomic E-state index is 0. The minimum Gasteiger partial charge on any atom is -0.493 e. The van der Waals surface area contributed by atoms with Crippen LogP contribution in [0.3, 0.4) is 0 Å². The molecule has 1 atom stereocenters. The van der Waals surface area contributed by atoms with E-state index in [-0.39, 0.29) is 35.9 Å². The number of hydrogen-bond acceptors (Lipinski definition) is 3. The number of benzene rings is 1. The van der Waals surface area contributed by atoms with E-state index in [0.29, 0.717) is 5.91 Å². The number of halogens is 1. The van der Waals surface area contributed by atoms with E-state index in [4.69, 9.17) is 9.73 Å². The van der Waals surface area contributed by atoms with E-state index in [0.717, 1.165) is 76.6 Å². The number of carbonyl (C=O) groups is 1. The first-order valence-corrected chi connectivity index (χ1v) is 11.3. The van der Waals surface area contributed by atoms with E-state index < -0.39 is 0 Å². The van der Waals surface area contributed by atoms with Crippen LogP contribution in [0.2, 0.25) is 0 Å². The molecule has 2 aliphatic heterocycles. The molecule has 2 fully saturated rings. The number of hydrogen-bond donors (Lipinski definition) is 2. The molecule has 0 spiro atoms. The molecule has 30 heavy (non-hydrogen) atoms. The number of likely N-dealkylation sites (tertiary alicyclic amines) is 1. The van der Waals surface area contributed by atoms with Crippen molar-refractivity contribution in [3.63, 3.8) is 0 Å². The highest BCUT2D eigenvalue weighted by molar-refractivity contribution is 14.0. The fourth-order valence-corrected chi connectivity index (χ4v) is 4.71. The molecule has 166 valence electrons. The molecule has 1 aromatic carbocycles. The van der Waals surface area contributed by atoms with Crippen molar-refractivity contribution in [1.82, 2.24) is 15.5 Å². The van der Waals surface area contributed by atoms with E-state index in [2.05, 4.69) is 40.7 Å². The topological polar surface area (TPSA) is 66.0 Å². The van der Waals surface area contributed by atoms with Gasteiger partial charge < -0.3 is 20.3 Å². The summed E-state index contributed by atoms with van der Waals surface area (Å²) in [6.45, 7) is 6.12. The minimum atomic E-state index is 0. The van der Waals surface area contributed by atoms with Crippen molar-refractivity contribution < 1.29 is 9.53 Å². The van der Waals surface area contributed by atoms with Gasteiger partial charge in [-0.05, 0) is 49.8 Å². The van der Waals surface area contributed by atoms with Crippen LogP contribution in [-0.4, -0.2) is 55.6 Å². The summed E-state index contributed by atoms with van der Waals surface area (Å²) in [5.41, 5.74) is 2.62. The molecule has 3 aliphatic rings. The molecule has 1 saturated heterocycles. The lowest BCUT2D eigenvalue weighted by molar-refractivity contribution is -0.134. The van der Waals surface area contributed by atoms with Crippen molar-refractivity contribution in [2.75, 3.05) is 32.8 Å². The van der Waals surface area contributed by atoms with Crippen molar-refractivity contribution in [3.8, 4) is 5.75 Å². The Hall–Kier alpha value is -1.51. The SMILES string of the molecule is CCNC(=NCCc1ccc2c(c1)CCO2)NC1CCN(C(=O)C2CCCC2)C1.I. The summed E-state index contributed by atoms with van der Waals surface area (Å²) >= 11 is 0. The maximum atomic E-state index is 12.7. The summed E-state index contributed by atoms with van der Waals surface area (Å²) in [5, 5.41) is 6.90. The van der Waals surface area contributed by atoms with Crippen molar-refractivity contribution >= 4 is 35.8 Å². The van der Waals surface area contributed by atoms with Crippen LogP contribution in [0.1, 0.15) is 50.2 Å². The Balaban J connectivity index is 0.00000256. The molecule has 1 unspecified atom stereocenters. The molecule has 6 nitrogen and oxygen atoms in total. The molecular formula is C23H35IN4O2. The highest BCUT2D eigenvalue weighted by atomic mass is 127. The molecule has 4 rings (SSSR count). The first-order chi connectivity index (χ1) is 14.2. The quantitative estimate of drug-likeness (QED) is 0.340. The Bertz CT molecular complexity index is 749. The number of rotatable bonds is 6. The second kappa shape index (κ2) is 11.2. The molecule has 2 N–H and O–H groups in total. The predicted molar refractivity (Wildman–Crippen MR) is 131 cm³/mol. The summed E-state index contributed by atoms with van der Waals surface area (Å²) in [6, 6.07) is 6.76. The molecule has 7 heteroatoms. The third kappa shape index (κ3) is 5.80. The molecule has 0 aromatic heterocycles. The van der Waals surface area contributed by atoms with Crippen molar-refractivity contribution in [3.05, 3.63) is 29.3 Å². The average molecular weight is 526 g/mol. The summed E-state index contributed by atoms with van der Waals surface area (Å²) in [6.07, 6.45) is 7.49. The van der Waals surface area contributed by atoms with E-state index >= 15 is 0 Å². The van der Waals surface area contributed by atoms with Crippen molar-refractivity contribution in [1.29, 1.82) is 0 Å². The van der Waals surface area contributed by atoms with Crippen LogP contribution in [0.4, 0.5) is 0 Å². The summed E-state index contributed by atoms with van der Waals surface area (Å²) < 4.78 is 5.58. The van der Waals surface area contributed by atoms with E-state index in [1.807, 2.05) is 0 Å². The van der Waals surface area contributed by atoms with Crippen LogP contribution >= 0.6 is 24.0 Å². The lowest BCUT2D eigenvalue weighted by Crippen LogP contribution is -2.45. The van der Waals surface area contributed by atoms with Gasteiger partial charge >= 0.3 is 0 Å². The Morgan fingerprint density at radius 3 is 2.90 bits per heavy atom. The van der Waals surface area contributed by atoms with Gasteiger partial charge in [0.05, 0.1) is 6.61 Å². The third-order valence-corrected chi connectivity index (χ3v) is 6.31. The number of nitrogens with one attached hydrogen (secondary N) is 2. The van der Waals surface area contributed by atoms with Gasteiger partial charge in [-0.25, -0.2) is 0 Å². The fourth-order valence-electron chi connectivity index (χ4n) is 4.71. The molecule has 1 aliphatic carbocycles. The largest absolute Gasteiger partial charge is 0.493 e. The second-order valence-corrected chi connectivity index (χ2v) is 8.45. The monoisotopic (exact) mass is 526 g/mol. The first-order valence-electron chi connectivity index (χ1n) is 11.3. The Kier molecular flexibility index (Phi) is 8.65. The molecule has 1 saturated carbocycles. The highest BCUT2D eigenvalue weighted by Crippen LogP contribution is 2.28. The van der Waals surface area contributed by atoms with Gasteiger partial charge in [0.1, 0.15) is 5.75 Å². The Morgan fingerprint density at radius 2 is 2.10 bits per heavy atom. The smallest absolute Gasteiger partial charge is 0.225 e. The van der Waals surface area contributed by atoms with Crippen LogP contribution < -0.4 is 15.4 Å². The van der Waals surface area contributed by atoms with Crippen LogP contribution in [0.15, 0.2) is 23.2 Å². The first kappa shape index (κ1) is 23.2. The number of carbonyl (C=O) groups excluding carboxylic acids is 1. The standard InChI is InChI=1S/C23H34N4O2.HI/c1-2-24-23(25-12-9-17-7-8-21-19(15-17)11-14-29-21)26-20-10-13-27(16-20)22(28)18-5-3-4-6-18;/h7-8,15,18,20H,2-6,9-14,16H2,1H3,(H2,24,25,26);1H. The zero-order valence-corrected chi connectivity index (χ0v) is 20.3. The molecule has 1 amide bonds. The van der Waals surface area contributed by atoms with Gasteiger partial charge in [-0.15, -0.1) is 24.0 Å². The number of guanidine groups is 1. The maximum Gasteiger partial charge on any atom is 0.225 e. The number of aliphatic imine (C=N–C) groups is 1. The van der Waals surface area contributed by atoms with E-state index in [1.165, 1.54) is 24.0 Å². The highest BCUT2D eigenvalue weighted by Gasteiger charge is 2.32. The number of amides is 1. The van der Waals surface area contributed by atoms with Gasteiger partial charge in [-0.3, -0.25) is 9.79 Å². The van der Waals surface area contributed by atoms with Crippen molar-refractivity contribution in [2.45, 2.75) is 57.9 Å². The Labute approximate surface area is 197 Å². The zero-order valence-electron chi connectivity index (χ0n) is 18.0. The van der Waals surface area contributed by atoms with Crippen LogP contribution in [0, 0.1) is 5.92 Å². The predicted octanol–water partition coefficient (Wildman–Crippen LogP) is 3.13.